The molecule has 0 aliphatic carbocycles. The van der Waals surface area contributed by atoms with Gasteiger partial charge in [-0.05, 0) is 12.1 Å². The van der Waals surface area contributed by atoms with Crippen LogP contribution in [0, 0.1) is 0 Å². The summed E-state index contributed by atoms with van der Waals surface area (Å²) in [6.45, 7) is 0. The fraction of sp³-hybridized carbons (Fsp3) is 0. The molecule has 0 saturated carbocycles. The van der Waals surface area contributed by atoms with Crippen molar-refractivity contribution < 1.29 is 63.4 Å². The minimum atomic E-state index is -1.23. The third-order valence-corrected chi connectivity index (χ3v) is 1.39. The second kappa shape index (κ2) is 12.8. The molecule has 0 aromatic heterocycles. The molecule has 0 fully saturated rings. The van der Waals surface area contributed by atoms with Crippen LogP contribution in [-0.2, 0) is 21.7 Å². The maximum atomic E-state index is 10.5. The van der Waals surface area contributed by atoms with Crippen LogP contribution in [0.2, 0.25) is 0 Å². The van der Waals surface area contributed by atoms with Gasteiger partial charge in [-0.25, -0.2) is 9.59 Å². The number of carboxylic acids is 2. The standard InChI is InChI=1S/C8H6O4.4H2O.Ti/c9-7(10)5-3-1-2-4-6(5)8(11)12;;;;;/h1-4H,(H,9,10)(H,11,12);4*1H2;. The van der Waals surface area contributed by atoms with E-state index in [0.717, 1.165) is 0 Å². The van der Waals surface area contributed by atoms with E-state index in [1.54, 1.807) is 0 Å². The zero-order valence-corrected chi connectivity index (χ0v) is 10.1. The minimum absolute atomic E-state index is 0. The van der Waals surface area contributed by atoms with Crippen molar-refractivity contribution in [3.63, 3.8) is 0 Å². The molecule has 0 saturated heterocycles. The van der Waals surface area contributed by atoms with Crippen LogP contribution in [0.4, 0.5) is 0 Å². The van der Waals surface area contributed by atoms with Crippen molar-refractivity contribution in [2.45, 2.75) is 0 Å². The Morgan fingerprint density at radius 1 is 0.765 bits per heavy atom. The fourth-order valence-corrected chi connectivity index (χ4v) is 0.856. The van der Waals surface area contributed by atoms with Gasteiger partial charge < -0.3 is 32.1 Å². The summed E-state index contributed by atoms with van der Waals surface area (Å²) in [5.74, 6) is -2.46. The zero-order chi connectivity index (χ0) is 9.14. The van der Waals surface area contributed by atoms with Crippen molar-refractivity contribution in [1.82, 2.24) is 0 Å². The van der Waals surface area contributed by atoms with Crippen LogP contribution in [0.1, 0.15) is 20.7 Å². The van der Waals surface area contributed by atoms with E-state index in [1.807, 2.05) is 0 Å². The SMILES string of the molecule is O.O.O.O.O=C(O)c1ccccc1C(=O)O.[Ti]. The maximum absolute atomic E-state index is 10.5. The number of carbonyl (C=O) groups is 2. The van der Waals surface area contributed by atoms with Crippen molar-refractivity contribution >= 4 is 11.9 Å². The van der Waals surface area contributed by atoms with Gasteiger partial charge in [-0.15, -0.1) is 0 Å². The van der Waals surface area contributed by atoms with Gasteiger partial charge in [0.2, 0.25) is 0 Å². The number of rotatable bonds is 2. The van der Waals surface area contributed by atoms with E-state index in [2.05, 4.69) is 0 Å². The summed E-state index contributed by atoms with van der Waals surface area (Å²) in [6.07, 6.45) is 0. The summed E-state index contributed by atoms with van der Waals surface area (Å²) in [5.41, 5.74) is -0.380. The summed E-state index contributed by atoms with van der Waals surface area (Å²) in [6, 6.07) is 5.48. The predicted octanol–water partition coefficient (Wildman–Crippen LogP) is -2.22. The number of aromatic carboxylic acids is 2. The van der Waals surface area contributed by atoms with Gasteiger partial charge in [0.25, 0.3) is 0 Å². The smallest absolute Gasteiger partial charge is 0.336 e. The number of hydrogen-bond acceptors (Lipinski definition) is 2. The second-order valence-corrected chi connectivity index (χ2v) is 2.16. The average molecular weight is 286 g/mol. The van der Waals surface area contributed by atoms with E-state index in [-0.39, 0.29) is 54.7 Å². The van der Waals surface area contributed by atoms with Crippen LogP contribution in [0.5, 0.6) is 0 Å². The summed E-state index contributed by atoms with van der Waals surface area (Å²) >= 11 is 0. The quantitative estimate of drug-likeness (QED) is 0.580. The van der Waals surface area contributed by atoms with Crippen LogP contribution in [0.3, 0.4) is 0 Å². The van der Waals surface area contributed by atoms with Crippen LogP contribution in [0.15, 0.2) is 24.3 Å². The Bertz CT molecular complexity index is 307. The van der Waals surface area contributed by atoms with Gasteiger partial charge >= 0.3 is 11.9 Å². The molecular weight excluding hydrogens is 272 g/mol. The van der Waals surface area contributed by atoms with Gasteiger partial charge in [0.05, 0.1) is 11.1 Å². The normalized spacial score (nSPS) is 6.59. The van der Waals surface area contributed by atoms with E-state index in [0.29, 0.717) is 0 Å². The topological polar surface area (TPSA) is 201 Å². The Morgan fingerprint density at radius 3 is 1.18 bits per heavy atom. The molecule has 17 heavy (non-hydrogen) atoms. The molecule has 1 rings (SSSR count). The number of carboxylic acid groups (broad SMARTS) is 2. The van der Waals surface area contributed by atoms with Gasteiger partial charge in [0.15, 0.2) is 0 Å². The predicted molar refractivity (Wildman–Crippen MR) is 54.8 cm³/mol. The zero-order valence-electron chi connectivity index (χ0n) is 8.52. The van der Waals surface area contributed by atoms with Crippen molar-refractivity contribution in [2.75, 3.05) is 0 Å². The first-order valence-corrected chi connectivity index (χ1v) is 3.18. The Labute approximate surface area is 111 Å². The molecule has 0 heterocycles. The molecule has 0 unspecified atom stereocenters. The Morgan fingerprint density at radius 2 is 1.00 bits per heavy atom. The summed E-state index contributed by atoms with van der Waals surface area (Å²) in [4.78, 5) is 20.9. The van der Waals surface area contributed by atoms with Gasteiger partial charge in [-0.3, -0.25) is 0 Å². The average Bonchev–Trinajstić information content (AvgIpc) is 2.04. The maximum Gasteiger partial charge on any atom is 0.336 e. The Hall–Kier alpha value is -1.29. The molecular formula is C8H14O8Ti. The van der Waals surface area contributed by atoms with Crippen molar-refractivity contribution in [3.8, 4) is 0 Å². The van der Waals surface area contributed by atoms with E-state index >= 15 is 0 Å². The molecule has 1 aromatic carbocycles. The first kappa shape index (κ1) is 29.6. The van der Waals surface area contributed by atoms with E-state index in [1.165, 1.54) is 24.3 Å². The first-order chi connectivity index (χ1) is 5.63. The van der Waals surface area contributed by atoms with Crippen molar-refractivity contribution in [1.29, 1.82) is 0 Å². The Kier molecular flexibility index (Phi) is 22.3. The minimum Gasteiger partial charge on any atom is -0.478 e. The van der Waals surface area contributed by atoms with Crippen LogP contribution < -0.4 is 0 Å². The Balaban J connectivity index is -0.0000000960. The molecule has 0 aliphatic rings. The van der Waals surface area contributed by atoms with E-state index in [9.17, 15) is 9.59 Å². The van der Waals surface area contributed by atoms with Gasteiger partial charge in [-0.2, -0.15) is 0 Å². The first-order valence-electron chi connectivity index (χ1n) is 3.18. The third kappa shape index (κ3) is 7.58. The molecule has 0 bridgehead atoms. The monoisotopic (exact) mass is 286 g/mol. The molecule has 0 radical (unpaired) electrons. The second-order valence-electron chi connectivity index (χ2n) is 2.16. The van der Waals surface area contributed by atoms with Crippen molar-refractivity contribution in [2.24, 2.45) is 0 Å². The van der Waals surface area contributed by atoms with Gasteiger partial charge in [0, 0.05) is 21.7 Å². The van der Waals surface area contributed by atoms with E-state index in [4.69, 9.17) is 10.2 Å². The summed E-state index contributed by atoms with van der Waals surface area (Å²) < 4.78 is 0. The van der Waals surface area contributed by atoms with E-state index < -0.39 is 11.9 Å². The number of hydrogen-bond donors (Lipinski definition) is 2. The molecule has 98 valence electrons. The molecule has 0 amide bonds. The largest absolute Gasteiger partial charge is 0.478 e. The molecule has 8 nitrogen and oxygen atoms in total. The van der Waals surface area contributed by atoms with Crippen LogP contribution >= 0.6 is 0 Å². The number of benzene rings is 1. The van der Waals surface area contributed by atoms with Crippen LogP contribution in [-0.4, -0.2) is 44.1 Å². The molecule has 10 N–H and O–H groups in total. The van der Waals surface area contributed by atoms with Gasteiger partial charge in [-0.1, -0.05) is 12.1 Å². The van der Waals surface area contributed by atoms with Crippen molar-refractivity contribution in [3.05, 3.63) is 35.4 Å². The third-order valence-electron chi connectivity index (χ3n) is 1.39. The van der Waals surface area contributed by atoms with Gasteiger partial charge in [0.1, 0.15) is 0 Å². The summed E-state index contributed by atoms with van der Waals surface area (Å²) in [7, 11) is 0. The molecule has 0 atom stereocenters. The van der Waals surface area contributed by atoms with Crippen LogP contribution in [0.25, 0.3) is 0 Å². The molecule has 0 spiro atoms. The molecule has 0 aliphatic heterocycles. The molecule has 9 heteroatoms. The summed E-state index contributed by atoms with van der Waals surface area (Å²) in [5, 5.41) is 17.1. The fourth-order valence-electron chi connectivity index (χ4n) is 0.856. The molecule has 1 aromatic rings.